The quantitative estimate of drug-likeness (QED) is 0.462. The van der Waals surface area contributed by atoms with Gasteiger partial charge >= 0.3 is 5.97 Å². The van der Waals surface area contributed by atoms with Gasteiger partial charge in [-0.25, -0.2) is 4.79 Å². The van der Waals surface area contributed by atoms with Gasteiger partial charge < -0.3 is 10.4 Å². The molecule has 0 unspecified atom stereocenters. The molecule has 0 spiro atoms. The van der Waals surface area contributed by atoms with Crippen molar-refractivity contribution in [3.8, 4) is 0 Å². The first-order valence-corrected chi connectivity index (χ1v) is 3.79. The summed E-state index contributed by atoms with van der Waals surface area (Å²) >= 11 is 0. The Balaban J connectivity index is 3.48. The maximum Gasteiger partial charge on any atom is 0.330 e. The van der Waals surface area contributed by atoms with Gasteiger partial charge in [0, 0.05) is 5.57 Å². The van der Waals surface area contributed by atoms with Crippen LogP contribution in [0.4, 0.5) is 0 Å². The highest BCUT2D eigenvalue weighted by Gasteiger charge is 1.96. The lowest BCUT2D eigenvalue weighted by atomic mass is 10.2. The van der Waals surface area contributed by atoms with Gasteiger partial charge in [0.15, 0.2) is 0 Å². The first-order valence-electron chi connectivity index (χ1n) is 3.79. The second kappa shape index (κ2) is 5.92. The molecule has 0 bridgehead atoms. The molecule has 64 valence electrons. The molecule has 0 aliphatic rings. The van der Waals surface area contributed by atoms with Crippen LogP contribution in [0.5, 0.6) is 0 Å². The summed E-state index contributed by atoms with van der Waals surface area (Å²) < 4.78 is 0. The number of aliphatic carboxylic acids is 1. The summed E-state index contributed by atoms with van der Waals surface area (Å²) in [5.41, 5.74) is 0.419. The van der Waals surface area contributed by atoms with Crippen molar-refractivity contribution in [3.05, 3.63) is 11.6 Å². The van der Waals surface area contributed by atoms with E-state index in [-0.39, 0.29) is 0 Å². The summed E-state index contributed by atoms with van der Waals surface area (Å²) in [6, 6.07) is 0. The predicted molar refractivity (Wildman–Crippen MR) is 44.6 cm³/mol. The highest BCUT2D eigenvalue weighted by atomic mass is 16.4. The Bertz CT molecular complexity index is 152. The van der Waals surface area contributed by atoms with Gasteiger partial charge in [-0.2, -0.15) is 0 Å². The Kier molecular flexibility index (Phi) is 5.47. The fourth-order valence-electron chi connectivity index (χ4n) is 0.655. The van der Waals surface area contributed by atoms with E-state index in [0.29, 0.717) is 5.57 Å². The monoisotopic (exact) mass is 157 g/mol. The van der Waals surface area contributed by atoms with Crippen LogP contribution in [0.2, 0.25) is 0 Å². The first kappa shape index (κ1) is 10.2. The number of hydrogen-bond donors (Lipinski definition) is 2. The number of rotatable bonds is 5. The molecular formula is C8H15NO2. The highest BCUT2D eigenvalue weighted by Crippen LogP contribution is 1.93. The van der Waals surface area contributed by atoms with Crippen molar-refractivity contribution in [1.82, 2.24) is 5.32 Å². The van der Waals surface area contributed by atoms with Crippen LogP contribution in [0.1, 0.15) is 20.3 Å². The summed E-state index contributed by atoms with van der Waals surface area (Å²) in [5.74, 6) is -0.832. The SMILES string of the molecule is CCNCC/C=C(\C)C(=O)O. The maximum absolute atomic E-state index is 10.3. The molecule has 0 saturated heterocycles. The van der Waals surface area contributed by atoms with Gasteiger partial charge in [0.25, 0.3) is 0 Å². The van der Waals surface area contributed by atoms with Crippen LogP contribution in [-0.2, 0) is 4.79 Å². The van der Waals surface area contributed by atoms with E-state index < -0.39 is 5.97 Å². The lowest BCUT2D eigenvalue weighted by molar-refractivity contribution is -0.132. The van der Waals surface area contributed by atoms with E-state index in [1.807, 2.05) is 6.92 Å². The molecular weight excluding hydrogens is 142 g/mol. The Labute approximate surface area is 67.1 Å². The predicted octanol–water partition coefficient (Wildman–Crippen LogP) is 1.02. The van der Waals surface area contributed by atoms with Crippen molar-refractivity contribution < 1.29 is 9.90 Å². The molecule has 0 aliphatic carbocycles. The second-order valence-corrected chi connectivity index (χ2v) is 2.33. The third-order valence-electron chi connectivity index (χ3n) is 1.36. The Morgan fingerprint density at radius 1 is 1.64 bits per heavy atom. The molecule has 2 N–H and O–H groups in total. The minimum Gasteiger partial charge on any atom is -0.478 e. The topological polar surface area (TPSA) is 49.3 Å². The van der Waals surface area contributed by atoms with Crippen LogP contribution in [0.3, 0.4) is 0 Å². The largest absolute Gasteiger partial charge is 0.478 e. The molecule has 11 heavy (non-hydrogen) atoms. The van der Waals surface area contributed by atoms with Crippen LogP contribution in [0, 0.1) is 0 Å². The molecule has 0 atom stereocenters. The van der Waals surface area contributed by atoms with E-state index in [4.69, 9.17) is 5.11 Å². The summed E-state index contributed by atoms with van der Waals surface area (Å²) in [4.78, 5) is 10.3. The van der Waals surface area contributed by atoms with Gasteiger partial charge in [-0.15, -0.1) is 0 Å². The Hall–Kier alpha value is -0.830. The van der Waals surface area contributed by atoms with E-state index in [0.717, 1.165) is 19.5 Å². The van der Waals surface area contributed by atoms with E-state index in [2.05, 4.69) is 5.32 Å². The third kappa shape index (κ3) is 5.61. The van der Waals surface area contributed by atoms with Crippen LogP contribution in [-0.4, -0.2) is 24.2 Å². The number of carboxylic acid groups (broad SMARTS) is 1. The molecule has 0 amide bonds. The van der Waals surface area contributed by atoms with Gasteiger partial charge in [-0.05, 0) is 26.4 Å². The smallest absolute Gasteiger partial charge is 0.330 e. The number of carbonyl (C=O) groups is 1. The molecule has 0 radical (unpaired) electrons. The van der Waals surface area contributed by atoms with Crippen molar-refractivity contribution in [3.63, 3.8) is 0 Å². The van der Waals surface area contributed by atoms with Crippen molar-refractivity contribution in [2.24, 2.45) is 0 Å². The molecule has 3 heteroatoms. The van der Waals surface area contributed by atoms with E-state index in [1.54, 1.807) is 13.0 Å². The van der Waals surface area contributed by atoms with Crippen LogP contribution in [0.25, 0.3) is 0 Å². The zero-order chi connectivity index (χ0) is 8.69. The van der Waals surface area contributed by atoms with Crippen molar-refractivity contribution in [2.45, 2.75) is 20.3 Å². The second-order valence-electron chi connectivity index (χ2n) is 2.33. The lowest BCUT2D eigenvalue weighted by Crippen LogP contribution is -2.13. The fraction of sp³-hybridized carbons (Fsp3) is 0.625. The Morgan fingerprint density at radius 3 is 2.73 bits per heavy atom. The number of nitrogens with one attached hydrogen (secondary N) is 1. The summed E-state index contributed by atoms with van der Waals surface area (Å²) in [6.07, 6.45) is 2.51. The zero-order valence-electron chi connectivity index (χ0n) is 7.05. The summed E-state index contributed by atoms with van der Waals surface area (Å²) in [5, 5.41) is 11.6. The van der Waals surface area contributed by atoms with E-state index in [1.165, 1.54) is 0 Å². The number of carboxylic acids is 1. The maximum atomic E-state index is 10.3. The zero-order valence-corrected chi connectivity index (χ0v) is 7.05. The highest BCUT2D eigenvalue weighted by molar-refractivity contribution is 5.85. The molecule has 0 aromatic rings. The molecule has 0 aromatic heterocycles. The average molecular weight is 157 g/mol. The van der Waals surface area contributed by atoms with Gasteiger partial charge in [0.05, 0.1) is 0 Å². The minimum absolute atomic E-state index is 0.419. The molecule has 3 nitrogen and oxygen atoms in total. The third-order valence-corrected chi connectivity index (χ3v) is 1.36. The molecule has 0 saturated carbocycles. The Morgan fingerprint density at radius 2 is 2.27 bits per heavy atom. The van der Waals surface area contributed by atoms with E-state index >= 15 is 0 Å². The standard InChI is InChI=1S/C8H15NO2/c1-3-9-6-4-5-7(2)8(10)11/h5,9H,3-4,6H2,1-2H3,(H,10,11)/b7-5+. The molecule has 0 aromatic carbocycles. The van der Waals surface area contributed by atoms with Crippen LogP contribution < -0.4 is 5.32 Å². The van der Waals surface area contributed by atoms with E-state index in [9.17, 15) is 4.79 Å². The fourth-order valence-corrected chi connectivity index (χ4v) is 0.655. The molecule has 0 aliphatic heterocycles. The van der Waals surface area contributed by atoms with Crippen molar-refractivity contribution >= 4 is 5.97 Å². The first-order chi connectivity index (χ1) is 5.18. The molecule has 0 rings (SSSR count). The lowest BCUT2D eigenvalue weighted by Gasteiger charge is -1.96. The normalized spacial score (nSPS) is 11.6. The molecule has 0 heterocycles. The minimum atomic E-state index is -0.832. The van der Waals surface area contributed by atoms with Gasteiger partial charge in [-0.3, -0.25) is 0 Å². The van der Waals surface area contributed by atoms with Crippen molar-refractivity contribution in [1.29, 1.82) is 0 Å². The summed E-state index contributed by atoms with van der Waals surface area (Å²) in [7, 11) is 0. The molecule has 0 fully saturated rings. The van der Waals surface area contributed by atoms with Crippen LogP contribution in [0.15, 0.2) is 11.6 Å². The van der Waals surface area contributed by atoms with Crippen molar-refractivity contribution in [2.75, 3.05) is 13.1 Å². The van der Waals surface area contributed by atoms with Gasteiger partial charge in [0.2, 0.25) is 0 Å². The average Bonchev–Trinajstić information content (AvgIpc) is 1.97. The summed E-state index contributed by atoms with van der Waals surface area (Å²) in [6.45, 7) is 5.41. The van der Waals surface area contributed by atoms with Gasteiger partial charge in [-0.1, -0.05) is 13.0 Å². The van der Waals surface area contributed by atoms with Crippen LogP contribution >= 0.6 is 0 Å². The van der Waals surface area contributed by atoms with Gasteiger partial charge in [0.1, 0.15) is 0 Å². The number of hydrogen-bond acceptors (Lipinski definition) is 2.